The first-order valence-electron chi connectivity index (χ1n) is 5.63. The SMILES string of the molecule is C=CCNC(=O)c1cc(C)n(-c2nccs2)c1C. The number of hydrogen-bond acceptors (Lipinski definition) is 3. The van der Waals surface area contributed by atoms with Gasteiger partial charge in [0.1, 0.15) is 0 Å². The number of nitrogens with one attached hydrogen (secondary N) is 1. The fourth-order valence-corrected chi connectivity index (χ4v) is 2.62. The van der Waals surface area contributed by atoms with Crippen LogP contribution in [0.25, 0.3) is 5.13 Å². The van der Waals surface area contributed by atoms with Crippen molar-refractivity contribution in [2.75, 3.05) is 6.54 Å². The Morgan fingerprint density at radius 1 is 1.61 bits per heavy atom. The lowest BCUT2D eigenvalue weighted by atomic mass is 10.2. The lowest BCUT2D eigenvalue weighted by molar-refractivity contribution is 0.0957. The average Bonchev–Trinajstić information content (AvgIpc) is 2.94. The molecular formula is C13H15N3OS. The van der Waals surface area contributed by atoms with Gasteiger partial charge in [-0.3, -0.25) is 9.36 Å². The molecular weight excluding hydrogens is 246 g/mol. The fraction of sp³-hybridized carbons (Fsp3) is 0.231. The molecule has 0 spiro atoms. The Morgan fingerprint density at radius 3 is 3.00 bits per heavy atom. The molecule has 5 heteroatoms. The average molecular weight is 261 g/mol. The molecule has 0 aliphatic heterocycles. The summed E-state index contributed by atoms with van der Waals surface area (Å²) in [4.78, 5) is 16.2. The van der Waals surface area contributed by atoms with Gasteiger partial charge in [0.2, 0.25) is 0 Å². The van der Waals surface area contributed by atoms with Gasteiger partial charge in [-0.1, -0.05) is 6.08 Å². The van der Waals surface area contributed by atoms with E-state index in [4.69, 9.17) is 0 Å². The van der Waals surface area contributed by atoms with E-state index in [1.807, 2.05) is 29.9 Å². The first-order chi connectivity index (χ1) is 8.65. The highest BCUT2D eigenvalue weighted by Gasteiger charge is 2.16. The molecule has 2 heterocycles. The molecule has 1 amide bonds. The van der Waals surface area contributed by atoms with Crippen LogP contribution in [-0.4, -0.2) is 22.0 Å². The number of aromatic nitrogens is 2. The Morgan fingerprint density at radius 2 is 2.39 bits per heavy atom. The number of nitrogens with zero attached hydrogens (tertiary/aromatic N) is 2. The second-order valence-electron chi connectivity index (χ2n) is 3.93. The Bertz CT molecular complexity index is 569. The molecule has 2 rings (SSSR count). The van der Waals surface area contributed by atoms with Crippen LogP contribution in [0.5, 0.6) is 0 Å². The lowest BCUT2D eigenvalue weighted by Crippen LogP contribution is -2.23. The van der Waals surface area contributed by atoms with Crippen molar-refractivity contribution in [3.8, 4) is 5.13 Å². The van der Waals surface area contributed by atoms with Crippen molar-refractivity contribution in [1.29, 1.82) is 0 Å². The summed E-state index contributed by atoms with van der Waals surface area (Å²) in [6, 6.07) is 1.88. The van der Waals surface area contributed by atoms with E-state index in [2.05, 4.69) is 16.9 Å². The molecule has 4 nitrogen and oxygen atoms in total. The smallest absolute Gasteiger partial charge is 0.253 e. The van der Waals surface area contributed by atoms with Gasteiger partial charge in [-0.25, -0.2) is 4.98 Å². The second-order valence-corrected chi connectivity index (χ2v) is 4.81. The van der Waals surface area contributed by atoms with Crippen LogP contribution in [0.1, 0.15) is 21.7 Å². The molecule has 2 aromatic rings. The molecule has 0 bridgehead atoms. The molecule has 0 saturated carbocycles. The topological polar surface area (TPSA) is 46.9 Å². The van der Waals surface area contributed by atoms with Crippen molar-refractivity contribution in [2.24, 2.45) is 0 Å². The van der Waals surface area contributed by atoms with Crippen molar-refractivity contribution in [3.63, 3.8) is 0 Å². The third-order valence-electron chi connectivity index (χ3n) is 2.69. The quantitative estimate of drug-likeness (QED) is 0.859. The summed E-state index contributed by atoms with van der Waals surface area (Å²) < 4.78 is 1.99. The molecule has 0 atom stereocenters. The Kier molecular flexibility index (Phi) is 3.62. The molecule has 2 aromatic heterocycles. The summed E-state index contributed by atoms with van der Waals surface area (Å²) in [6.07, 6.45) is 3.42. The van der Waals surface area contributed by atoms with Gasteiger partial charge in [0.25, 0.3) is 5.91 Å². The molecule has 94 valence electrons. The number of aryl methyl sites for hydroxylation is 1. The molecule has 0 aromatic carbocycles. The van der Waals surface area contributed by atoms with E-state index in [0.717, 1.165) is 16.5 Å². The highest BCUT2D eigenvalue weighted by atomic mass is 32.1. The molecule has 0 unspecified atom stereocenters. The van der Waals surface area contributed by atoms with Gasteiger partial charge < -0.3 is 5.32 Å². The number of carbonyl (C=O) groups excluding carboxylic acids is 1. The van der Waals surface area contributed by atoms with E-state index in [0.29, 0.717) is 12.1 Å². The maximum atomic E-state index is 12.0. The minimum absolute atomic E-state index is 0.0780. The van der Waals surface area contributed by atoms with E-state index in [1.54, 1.807) is 23.6 Å². The highest BCUT2D eigenvalue weighted by Crippen LogP contribution is 2.22. The van der Waals surface area contributed by atoms with Gasteiger partial charge in [-0.2, -0.15) is 0 Å². The van der Waals surface area contributed by atoms with Gasteiger partial charge in [0.05, 0.1) is 5.56 Å². The normalized spacial score (nSPS) is 10.3. The molecule has 0 saturated heterocycles. The molecule has 0 aliphatic rings. The Balaban J connectivity index is 2.38. The minimum atomic E-state index is -0.0780. The zero-order valence-corrected chi connectivity index (χ0v) is 11.3. The van der Waals surface area contributed by atoms with E-state index >= 15 is 0 Å². The summed E-state index contributed by atoms with van der Waals surface area (Å²) in [5.74, 6) is -0.0780. The molecule has 0 aliphatic carbocycles. The van der Waals surface area contributed by atoms with E-state index in [1.165, 1.54) is 0 Å². The number of rotatable bonds is 4. The van der Waals surface area contributed by atoms with Crippen LogP contribution in [0, 0.1) is 13.8 Å². The fourth-order valence-electron chi connectivity index (χ4n) is 1.87. The number of carbonyl (C=O) groups is 1. The highest BCUT2D eigenvalue weighted by molar-refractivity contribution is 7.12. The predicted molar refractivity (Wildman–Crippen MR) is 73.4 cm³/mol. The number of amides is 1. The standard InChI is InChI=1S/C13H15N3OS/c1-4-5-14-12(17)11-8-9(2)16(10(11)3)13-15-6-7-18-13/h4,6-8H,1,5H2,2-3H3,(H,14,17). The summed E-state index contributed by atoms with van der Waals surface area (Å²) >= 11 is 1.55. The van der Waals surface area contributed by atoms with E-state index < -0.39 is 0 Å². The van der Waals surface area contributed by atoms with Crippen LogP contribution in [0.2, 0.25) is 0 Å². The molecule has 1 N–H and O–H groups in total. The number of thiazole rings is 1. The summed E-state index contributed by atoms with van der Waals surface area (Å²) in [6.45, 7) is 7.95. The van der Waals surface area contributed by atoms with Crippen LogP contribution in [0.3, 0.4) is 0 Å². The first kappa shape index (κ1) is 12.6. The van der Waals surface area contributed by atoms with Gasteiger partial charge in [0, 0.05) is 29.5 Å². The monoisotopic (exact) mass is 261 g/mol. The maximum Gasteiger partial charge on any atom is 0.253 e. The molecule has 18 heavy (non-hydrogen) atoms. The summed E-state index contributed by atoms with van der Waals surface area (Å²) in [5, 5.41) is 5.59. The molecule has 0 radical (unpaired) electrons. The zero-order valence-electron chi connectivity index (χ0n) is 10.4. The van der Waals surface area contributed by atoms with Crippen LogP contribution < -0.4 is 5.32 Å². The summed E-state index contributed by atoms with van der Waals surface area (Å²) in [7, 11) is 0. The Labute approximate surface area is 110 Å². The van der Waals surface area contributed by atoms with Crippen molar-refractivity contribution in [1.82, 2.24) is 14.9 Å². The minimum Gasteiger partial charge on any atom is -0.349 e. The van der Waals surface area contributed by atoms with Crippen molar-refractivity contribution in [3.05, 3.63) is 47.2 Å². The third kappa shape index (κ3) is 2.22. The van der Waals surface area contributed by atoms with Gasteiger partial charge in [-0.15, -0.1) is 17.9 Å². The second kappa shape index (κ2) is 5.18. The van der Waals surface area contributed by atoms with Crippen LogP contribution in [-0.2, 0) is 0 Å². The van der Waals surface area contributed by atoms with Gasteiger partial charge >= 0.3 is 0 Å². The van der Waals surface area contributed by atoms with Gasteiger partial charge in [-0.05, 0) is 19.9 Å². The first-order valence-corrected chi connectivity index (χ1v) is 6.51. The zero-order chi connectivity index (χ0) is 13.1. The van der Waals surface area contributed by atoms with Crippen molar-refractivity contribution >= 4 is 17.2 Å². The number of hydrogen-bond donors (Lipinski definition) is 1. The maximum absolute atomic E-state index is 12.0. The van der Waals surface area contributed by atoms with E-state index in [-0.39, 0.29) is 5.91 Å². The van der Waals surface area contributed by atoms with Crippen LogP contribution in [0.4, 0.5) is 0 Å². The van der Waals surface area contributed by atoms with Gasteiger partial charge in [0.15, 0.2) is 5.13 Å². The van der Waals surface area contributed by atoms with Crippen molar-refractivity contribution < 1.29 is 4.79 Å². The van der Waals surface area contributed by atoms with Crippen LogP contribution in [0.15, 0.2) is 30.3 Å². The lowest BCUT2D eigenvalue weighted by Gasteiger charge is -2.05. The third-order valence-corrected chi connectivity index (χ3v) is 3.45. The summed E-state index contributed by atoms with van der Waals surface area (Å²) in [5.41, 5.74) is 2.60. The Hall–Kier alpha value is -1.88. The predicted octanol–water partition coefficient (Wildman–Crippen LogP) is 2.47. The van der Waals surface area contributed by atoms with Crippen molar-refractivity contribution in [2.45, 2.75) is 13.8 Å². The molecule has 0 fully saturated rings. The van der Waals surface area contributed by atoms with Crippen LogP contribution >= 0.6 is 11.3 Å². The largest absolute Gasteiger partial charge is 0.349 e. The van der Waals surface area contributed by atoms with E-state index in [9.17, 15) is 4.79 Å².